The number of halogens is 3. The van der Waals surface area contributed by atoms with Gasteiger partial charge in [-0.05, 0) is 35.7 Å². The second-order valence-corrected chi connectivity index (χ2v) is 5.26. The van der Waals surface area contributed by atoms with Crippen LogP contribution in [0.3, 0.4) is 0 Å². The number of hydrogen-bond donors (Lipinski definition) is 0. The van der Waals surface area contributed by atoms with E-state index in [0.717, 1.165) is 10.9 Å². The average molecular weight is 294 g/mol. The van der Waals surface area contributed by atoms with Crippen LogP contribution in [0, 0.1) is 5.82 Å². The maximum Gasteiger partial charge on any atom is 0.129 e. The van der Waals surface area contributed by atoms with Crippen LogP contribution in [0.25, 0.3) is 10.9 Å². The van der Waals surface area contributed by atoms with Crippen LogP contribution in [0.4, 0.5) is 4.39 Å². The summed E-state index contributed by atoms with van der Waals surface area (Å²) < 4.78 is 15.8. The molecule has 4 heteroatoms. The summed E-state index contributed by atoms with van der Waals surface area (Å²) in [6.45, 7) is 0.451. The molecule has 0 saturated heterocycles. The second-order valence-electron chi connectivity index (χ2n) is 4.38. The maximum absolute atomic E-state index is 13.8. The minimum Gasteiger partial charge on any atom is -0.343 e. The van der Waals surface area contributed by atoms with Gasteiger partial charge in [-0.25, -0.2) is 4.39 Å². The largest absolute Gasteiger partial charge is 0.343 e. The van der Waals surface area contributed by atoms with Crippen molar-refractivity contribution in [3.63, 3.8) is 0 Å². The third-order valence-corrected chi connectivity index (χ3v) is 3.56. The molecule has 3 aromatic rings. The van der Waals surface area contributed by atoms with Crippen molar-refractivity contribution < 1.29 is 4.39 Å². The van der Waals surface area contributed by atoms with E-state index in [4.69, 9.17) is 23.2 Å². The molecule has 0 saturated carbocycles. The summed E-state index contributed by atoms with van der Waals surface area (Å²) >= 11 is 11.7. The fourth-order valence-electron chi connectivity index (χ4n) is 2.13. The number of rotatable bonds is 2. The lowest BCUT2D eigenvalue weighted by Crippen LogP contribution is -2.00. The second kappa shape index (κ2) is 4.87. The molecule has 2 aromatic carbocycles. The molecule has 0 bridgehead atoms. The van der Waals surface area contributed by atoms with Gasteiger partial charge in [0.05, 0.1) is 6.54 Å². The number of aromatic nitrogens is 1. The summed E-state index contributed by atoms with van der Waals surface area (Å²) in [6, 6.07) is 12.4. The first kappa shape index (κ1) is 12.5. The molecule has 1 heterocycles. The van der Waals surface area contributed by atoms with Crippen LogP contribution in [0.2, 0.25) is 10.0 Å². The molecule has 0 aliphatic carbocycles. The van der Waals surface area contributed by atoms with Crippen molar-refractivity contribution in [2.24, 2.45) is 0 Å². The molecule has 0 fully saturated rings. The Hall–Kier alpha value is -1.51. The van der Waals surface area contributed by atoms with Crippen LogP contribution in [0.15, 0.2) is 48.7 Å². The minimum absolute atomic E-state index is 0.295. The first-order valence-corrected chi connectivity index (χ1v) is 6.57. The Morgan fingerprint density at radius 2 is 1.68 bits per heavy atom. The molecule has 0 N–H and O–H groups in total. The number of benzene rings is 2. The van der Waals surface area contributed by atoms with E-state index in [-0.39, 0.29) is 5.82 Å². The van der Waals surface area contributed by atoms with Crippen LogP contribution in [0.1, 0.15) is 5.56 Å². The first-order chi connectivity index (χ1) is 9.13. The highest BCUT2D eigenvalue weighted by molar-refractivity contribution is 6.31. The molecule has 0 radical (unpaired) electrons. The highest BCUT2D eigenvalue weighted by atomic mass is 35.5. The van der Waals surface area contributed by atoms with Gasteiger partial charge in [-0.2, -0.15) is 0 Å². The Morgan fingerprint density at radius 1 is 0.947 bits per heavy atom. The summed E-state index contributed by atoms with van der Waals surface area (Å²) in [4.78, 5) is 0. The molecule has 3 rings (SSSR count). The zero-order valence-corrected chi connectivity index (χ0v) is 11.4. The van der Waals surface area contributed by atoms with Crippen molar-refractivity contribution in [1.29, 1.82) is 0 Å². The van der Waals surface area contributed by atoms with Crippen LogP contribution in [-0.2, 0) is 6.54 Å². The monoisotopic (exact) mass is 293 g/mol. The number of fused-ring (bicyclic) bond motifs is 1. The average Bonchev–Trinajstić information content (AvgIpc) is 2.75. The maximum atomic E-state index is 13.8. The molecule has 0 aliphatic heterocycles. The molecule has 0 atom stereocenters. The molecule has 0 amide bonds. The molecule has 96 valence electrons. The predicted molar refractivity (Wildman–Crippen MR) is 77.5 cm³/mol. The molecular formula is C15H10Cl2FN. The van der Waals surface area contributed by atoms with Gasteiger partial charge in [-0.1, -0.05) is 35.3 Å². The Balaban J connectivity index is 2.03. The van der Waals surface area contributed by atoms with Gasteiger partial charge in [0.25, 0.3) is 0 Å². The highest BCUT2D eigenvalue weighted by Gasteiger charge is 2.06. The van der Waals surface area contributed by atoms with E-state index in [1.54, 1.807) is 12.1 Å². The van der Waals surface area contributed by atoms with Gasteiger partial charge in [-0.3, -0.25) is 0 Å². The number of hydrogen-bond acceptors (Lipinski definition) is 0. The SMILES string of the molecule is Fc1cc(Cl)ccc1Cn1ccc2ccc(Cl)cc21. The zero-order valence-electron chi connectivity index (χ0n) is 9.91. The Bertz CT molecular complexity index is 749. The summed E-state index contributed by atoms with van der Waals surface area (Å²) in [5, 5.41) is 2.16. The minimum atomic E-state index is -0.295. The van der Waals surface area contributed by atoms with E-state index in [1.807, 2.05) is 35.0 Å². The summed E-state index contributed by atoms with van der Waals surface area (Å²) in [5.74, 6) is -0.295. The van der Waals surface area contributed by atoms with Gasteiger partial charge >= 0.3 is 0 Å². The van der Waals surface area contributed by atoms with Gasteiger partial charge < -0.3 is 4.57 Å². The van der Waals surface area contributed by atoms with Crippen LogP contribution in [-0.4, -0.2) is 4.57 Å². The summed E-state index contributed by atoms with van der Waals surface area (Å²) in [5.41, 5.74) is 1.59. The number of nitrogens with zero attached hydrogens (tertiary/aromatic N) is 1. The van der Waals surface area contributed by atoms with E-state index in [1.165, 1.54) is 6.07 Å². The fraction of sp³-hybridized carbons (Fsp3) is 0.0667. The lowest BCUT2D eigenvalue weighted by molar-refractivity contribution is 0.602. The Morgan fingerprint density at radius 3 is 2.47 bits per heavy atom. The lowest BCUT2D eigenvalue weighted by Gasteiger charge is -2.07. The van der Waals surface area contributed by atoms with Crippen LogP contribution >= 0.6 is 23.2 Å². The van der Waals surface area contributed by atoms with Crippen LogP contribution < -0.4 is 0 Å². The summed E-state index contributed by atoms with van der Waals surface area (Å²) in [7, 11) is 0. The van der Waals surface area contributed by atoms with E-state index >= 15 is 0 Å². The Kier molecular flexibility index (Phi) is 3.21. The van der Waals surface area contributed by atoms with Crippen molar-refractivity contribution in [3.05, 3.63) is 70.1 Å². The van der Waals surface area contributed by atoms with Crippen molar-refractivity contribution in [2.75, 3.05) is 0 Å². The molecule has 0 unspecified atom stereocenters. The molecule has 1 aromatic heterocycles. The smallest absolute Gasteiger partial charge is 0.129 e. The van der Waals surface area contributed by atoms with Crippen molar-refractivity contribution in [1.82, 2.24) is 4.57 Å². The van der Waals surface area contributed by atoms with Crippen LogP contribution in [0.5, 0.6) is 0 Å². The normalized spacial score (nSPS) is 11.1. The van der Waals surface area contributed by atoms with Gasteiger partial charge in [-0.15, -0.1) is 0 Å². The first-order valence-electron chi connectivity index (χ1n) is 5.82. The third kappa shape index (κ3) is 2.46. The quantitative estimate of drug-likeness (QED) is 0.617. The molecule has 0 aliphatic rings. The molecule has 0 spiro atoms. The van der Waals surface area contributed by atoms with Gasteiger partial charge in [0.1, 0.15) is 5.82 Å². The summed E-state index contributed by atoms with van der Waals surface area (Å²) in [6.07, 6.45) is 1.93. The molecule has 1 nitrogen and oxygen atoms in total. The third-order valence-electron chi connectivity index (χ3n) is 3.09. The van der Waals surface area contributed by atoms with Gasteiger partial charge in [0.2, 0.25) is 0 Å². The van der Waals surface area contributed by atoms with Crippen molar-refractivity contribution in [2.45, 2.75) is 6.54 Å². The Labute approximate surface area is 120 Å². The standard InChI is InChI=1S/C15H10Cl2FN/c16-12-4-2-11(14(18)7-12)9-19-6-5-10-1-3-13(17)8-15(10)19/h1-8H,9H2. The topological polar surface area (TPSA) is 4.93 Å². The fourth-order valence-corrected chi connectivity index (χ4v) is 2.45. The van der Waals surface area contributed by atoms with Gasteiger partial charge in [0.15, 0.2) is 0 Å². The highest BCUT2D eigenvalue weighted by Crippen LogP contribution is 2.22. The van der Waals surface area contributed by atoms with Gasteiger partial charge in [0, 0.05) is 27.3 Å². The van der Waals surface area contributed by atoms with Crippen molar-refractivity contribution >= 4 is 34.1 Å². The van der Waals surface area contributed by atoms with Crippen molar-refractivity contribution in [3.8, 4) is 0 Å². The van der Waals surface area contributed by atoms with E-state index < -0.39 is 0 Å². The predicted octanol–water partition coefficient (Wildman–Crippen LogP) is 5.14. The molecular weight excluding hydrogens is 284 g/mol. The van der Waals surface area contributed by atoms with E-state index in [9.17, 15) is 4.39 Å². The van der Waals surface area contributed by atoms with E-state index in [2.05, 4.69) is 0 Å². The lowest BCUT2D eigenvalue weighted by atomic mass is 10.2. The molecule has 19 heavy (non-hydrogen) atoms. The van der Waals surface area contributed by atoms with E-state index in [0.29, 0.717) is 22.2 Å². The zero-order chi connectivity index (χ0) is 13.4.